The summed E-state index contributed by atoms with van der Waals surface area (Å²) in [4.78, 5) is 30.5. The Morgan fingerprint density at radius 3 is 2.84 bits per heavy atom. The van der Waals surface area contributed by atoms with Crippen LogP contribution in [-0.2, 0) is 4.79 Å². The first kappa shape index (κ1) is 20.6. The number of halogens is 1. The molecule has 2 aromatic carbocycles. The molecule has 0 bridgehead atoms. The maximum absolute atomic E-state index is 13.2. The molecule has 32 heavy (non-hydrogen) atoms. The number of benzene rings is 2. The van der Waals surface area contributed by atoms with E-state index in [0.29, 0.717) is 38.4 Å². The van der Waals surface area contributed by atoms with E-state index >= 15 is 0 Å². The van der Waals surface area contributed by atoms with Gasteiger partial charge in [0.25, 0.3) is 5.56 Å². The third kappa shape index (κ3) is 3.74. The lowest BCUT2D eigenvalue weighted by Gasteiger charge is -2.13. The van der Waals surface area contributed by atoms with Crippen molar-refractivity contribution >= 4 is 46.0 Å². The van der Waals surface area contributed by atoms with Crippen LogP contribution >= 0.6 is 23.4 Å². The van der Waals surface area contributed by atoms with Crippen LogP contribution in [0, 0.1) is 0 Å². The molecule has 0 aliphatic carbocycles. The van der Waals surface area contributed by atoms with E-state index in [1.165, 1.54) is 18.0 Å². The number of hydrogen-bond acceptors (Lipinski definition) is 6. The number of ether oxygens (including phenoxy) is 1. The van der Waals surface area contributed by atoms with Crippen LogP contribution in [0.15, 0.2) is 64.7 Å². The zero-order chi connectivity index (χ0) is 22.2. The van der Waals surface area contributed by atoms with Crippen molar-refractivity contribution in [1.29, 1.82) is 0 Å². The quantitative estimate of drug-likeness (QED) is 0.447. The van der Waals surface area contributed by atoms with Gasteiger partial charge in [0.05, 0.1) is 25.0 Å². The molecule has 3 heterocycles. The van der Waals surface area contributed by atoms with Gasteiger partial charge in [0.2, 0.25) is 5.91 Å². The summed E-state index contributed by atoms with van der Waals surface area (Å²) in [7, 11) is 1.59. The van der Waals surface area contributed by atoms with E-state index in [-0.39, 0.29) is 23.9 Å². The van der Waals surface area contributed by atoms with Gasteiger partial charge in [-0.3, -0.25) is 14.2 Å². The first-order valence-corrected chi connectivity index (χ1v) is 11.2. The van der Waals surface area contributed by atoms with Gasteiger partial charge in [-0.1, -0.05) is 29.4 Å². The number of aromatic nitrogens is 4. The Balaban J connectivity index is 1.42. The van der Waals surface area contributed by atoms with Crippen molar-refractivity contribution < 1.29 is 9.53 Å². The van der Waals surface area contributed by atoms with Crippen molar-refractivity contribution in [2.24, 2.45) is 0 Å². The summed E-state index contributed by atoms with van der Waals surface area (Å²) in [6.45, 7) is 0. The number of thioether (sulfide) groups is 1. The molecular weight excluding hydrogens is 450 g/mol. The Labute approximate surface area is 192 Å². The van der Waals surface area contributed by atoms with Gasteiger partial charge in [-0.15, -0.1) is 0 Å². The van der Waals surface area contributed by atoms with Crippen molar-refractivity contribution in [2.75, 3.05) is 18.2 Å². The normalized spacial score (nSPS) is 15.0. The van der Waals surface area contributed by atoms with Gasteiger partial charge in [0.1, 0.15) is 11.1 Å². The predicted octanol–water partition coefficient (Wildman–Crippen LogP) is 3.92. The molecule has 1 amide bonds. The first-order valence-electron chi connectivity index (χ1n) is 9.86. The minimum atomic E-state index is -0.285. The van der Waals surface area contributed by atoms with Gasteiger partial charge in [0, 0.05) is 22.9 Å². The van der Waals surface area contributed by atoms with Crippen LogP contribution in [0.3, 0.4) is 0 Å². The molecule has 0 radical (unpaired) electrons. The molecule has 162 valence electrons. The van der Waals surface area contributed by atoms with Crippen LogP contribution in [0.25, 0.3) is 16.7 Å². The van der Waals surface area contributed by atoms with Crippen LogP contribution in [-0.4, -0.2) is 38.1 Å². The second-order valence-electron chi connectivity index (χ2n) is 7.29. The predicted molar refractivity (Wildman–Crippen MR) is 124 cm³/mol. The minimum Gasteiger partial charge on any atom is -0.497 e. The van der Waals surface area contributed by atoms with Crippen LogP contribution in [0.4, 0.5) is 5.69 Å². The van der Waals surface area contributed by atoms with E-state index in [4.69, 9.17) is 16.3 Å². The Bertz CT molecular complexity index is 1380. The summed E-state index contributed by atoms with van der Waals surface area (Å²) in [6.07, 6.45) is 1.68. The molecule has 10 heteroatoms. The lowest BCUT2D eigenvalue weighted by Crippen LogP contribution is -2.27. The highest BCUT2D eigenvalue weighted by Crippen LogP contribution is 2.33. The van der Waals surface area contributed by atoms with Gasteiger partial charge in [-0.05, 0) is 42.5 Å². The van der Waals surface area contributed by atoms with Crippen molar-refractivity contribution in [3.8, 4) is 11.4 Å². The SMILES string of the molecule is COc1ccc(NC(=O)CC2CSc3nc4c(cnn4-c4cccc(Cl)c4)c(=O)n32)cc1. The summed E-state index contributed by atoms with van der Waals surface area (Å²) in [5.41, 5.74) is 1.66. The number of nitrogens with zero attached hydrogens (tertiary/aromatic N) is 4. The topological polar surface area (TPSA) is 91.0 Å². The second kappa shape index (κ2) is 8.33. The third-order valence-electron chi connectivity index (χ3n) is 5.22. The molecule has 8 nitrogen and oxygen atoms in total. The molecule has 1 N–H and O–H groups in total. The molecule has 1 aliphatic heterocycles. The minimum absolute atomic E-state index is 0.168. The van der Waals surface area contributed by atoms with Gasteiger partial charge >= 0.3 is 0 Å². The van der Waals surface area contributed by atoms with Crippen molar-refractivity contribution in [3.63, 3.8) is 0 Å². The van der Waals surface area contributed by atoms with Gasteiger partial charge in [-0.2, -0.15) is 5.10 Å². The van der Waals surface area contributed by atoms with E-state index in [2.05, 4.69) is 15.4 Å². The molecule has 4 aromatic rings. The van der Waals surface area contributed by atoms with Gasteiger partial charge < -0.3 is 10.1 Å². The summed E-state index contributed by atoms with van der Waals surface area (Å²) in [5.74, 6) is 1.13. The van der Waals surface area contributed by atoms with E-state index in [1.54, 1.807) is 52.8 Å². The Morgan fingerprint density at radius 2 is 2.09 bits per heavy atom. The molecule has 0 saturated heterocycles. The number of rotatable bonds is 5. The van der Waals surface area contributed by atoms with Crippen molar-refractivity contribution in [1.82, 2.24) is 19.3 Å². The molecular formula is C22H18ClN5O3S. The highest BCUT2D eigenvalue weighted by atomic mass is 35.5. The van der Waals surface area contributed by atoms with Crippen molar-refractivity contribution in [3.05, 3.63) is 70.1 Å². The maximum atomic E-state index is 13.2. The fraction of sp³-hybridized carbons (Fsp3) is 0.182. The number of amides is 1. The van der Waals surface area contributed by atoms with Gasteiger partial charge in [0.15, 0.2) is 10.8 Å². The molecule has 2 aromatic heterocycles. The van der Waals surface area contributed by atoms with E-state index in [1.807, 2.05) is 12.1 Å². The highest BCUT2D eigenvalue weighted by molar-refractivity contribution is 7.99. The second-order valence-corrected chi connectivity index (χ2v) is 8.71. The summed E-state index contributed by atoms with van der Waals surface area (Å²) in [6, 6.07) is 14.0. The fourth-order valence-corrected chi connectivity index (χ4v) is 4.99. The van der Waals surface area contributed by atoms with Crippen molar-refractivity contribution in [2.45, 2.75) is 17.6 Å². The number of carbonyl (C=O) groups is 1. The summed E-state index contributed by atoms with van der Waals surface area (Å²) >= 11 is 7.56. The molecule has 1 aliphatic rings. The monoisotopic (exact) mass is 467 g/mol. The number of carbonyl (C=O) groups excluding carboxylic acids is 1. The molecule has 0 saturated carbocycles. The van der Waals surface area contributed by atoms with E-state index < -0.39 is 0 Å². The molecule has 1 atom stereocenters. The molecule has 0 fully saturated rings. The average Bonchev–Trinajstić information content (AvgIpc) is 3.39. The number of anilines is 1. The van der Waals surface area contributed by atoms with Gasteiger partial charge in [-0.25, -0.2) is 9.67 Å². The molecule has 1 unspecified atom stereocenters. The third-order valence-corrected chi connectivity index (χ3v) is 6.55. The Hall–Kier alpha value is -3.30. The number of methoxy groups -OCH3 is 1. The van der Waals surface area contributed by atoms with Crippen LogP contribution in [0.5, 0.6) is 5.75 Å². The van der Waals surface area contributed by atoms with E-state index in [9.17, 15) is 9.59 Å². The number of hydrogen-bond donors (Lipinski definition) is 1. The van der Waals surface area contributed by atoms with Crippen LogP contribution < -0.4 is 15.6 Å². The number of fused-ring (bicyclic) bond motifs is 2. The van der Waals surface area contributed by atoms with Crippen LogP contribution in [0.1, 0.15) is 12.5 Å². The smallest absolute Gasteiger partial charge is 0.265 e. The molecule has 5 rings (SSSR count). The lowest BCUT2D eigenvalue weighted by atomic mass is 10.2. The average molecular weight is 468 g/mol. The summed E-state index contributed by atoms with van der Waals surface area (Å²) in [5, 5.41) is 8.77. The maximum Gasteiger partial charge on any atom is 0.265 e. The Morgan fingerprint density at radius 1 is 1.28 bits per heavy atom. The lowest BCUT2D eigenvalue weighted by molar-refractivity contribution is -0.116. The fourth-order valence-electron chi connectivity index (χ4n) is 3.68. The standard InChI is InChI=1S/C22H18ClN5O3S/c1-31-17-7-5-14(6-8-17)25-19(29)10-16-12-32-22-26-20-18(21(30)27(16)22)11-24-28(20)15-4-2-3-13(23)9-15/h2-9,11,16H,10,12H2,1H3,(H,25,29). The summed E-state index contributed by atoms with van der Waals surface area (Å²) < 4.78 is 8.34. The zero-order valence-electron chi connectivity index (χ0n) is 17.0. The Kier molecular flexibility index (Phi) is 5.36. The largest absolute Gasteiger partial charge is 0.497 e. The first-order chi connectivity index (χ1) is 15.5. The zero-order valence-corrected chi connectivity index (χ0v) is 18.6. The van der Waals surface area contributed by atoms with E-state index in [0.717, 1.165) is 5.69 Å². The van der Waals surface area contributed by atoms with Crippen LogP contribution in [0.2, 0.25) is 5.02 Å². The number of nitrogens with one attached hydrogen (secondary N) is 1. The highest BCUT2D eigenvalue weighted by Gasteiger charge is 2.29. The molecule has 0 spiro atoms.